The zero-order chi connectivity index (χ0) is 18.8. The lowest BCUT2D eigenvalue weighted by Gasteiger charge is -2.25. The Labute approximate surface area is 149 Å². The third-order valence-electron chi connectivity index (χ3n) is 3.57. The second-order valence-electron chi connectivity index (χ2n) is 5.48. The third kappa shape index (κ3) is 4.33. The van der Waals surface area contributed by atoms with Crippen molar-refractivity contribution < 1.29 is 23.1 Å². The van der Waals surface area contributed by atoms with E-state index in [-0.39, 0.29) is 23.9 Å². The average molecular weight is 385 g/mol. The fourth-order valence-electron chi connectivity index (χ4n) is 2.30. The fraction of sp³-hybridized carbons (Fsp3) is 0.400. The van der Waals surface area contributed by atoms with Crippen LogP contribution in [0.3, 0.4) is 0 Å². The van der Waals surface area contributed by atoms with Crippen LogP contribution in [0.1, 0.15) is 18.9 Å². The van der Waals surface area contributed by atoms with Crippen LogP contribution >= 0.6 is 11.3 Å². The summed E-state index contributed by atoms with van der Waals surface area (Å²) in [5.74, 6) is -1.58. The first-order chi connectivity index (χ1) is 11.6. The number of fused-ring (bicyclic) bond motifs is 1. The molecule has 1 atom stereocenters. The number of aryl methyl sites for hydroxylation is 1. The summed E-state index contributed by atoms with van der Waals surface area (Å²) in [4.78, 5) is 26.6. The zero-order valence-electron chi connectivity index (χ0n) is 14.0. The SMILES string of the molecule is CC(=O)NCCN(C(C)C(=O)O)S(=O)(=O)c1ccc2nc(C)sc2c1. The van der Waals surface area contributed by atoms with E-state index in [1.807, 2.05) is 6.92 Å². The van der Waals surface area contributed by atoms with Gasteiger partial charge in [-0.15, -0.1) is 11.3 Å². The summed E-state index contributed by atoms with van der Waals surface area (Å²) in [5, 5.41) is 12.5. The number of hydrogen-bond donors (Lipinski definition) is 2. The quantitative estimate of drug-likeness (QED) is 0.740. The highest BCUT2D eigenvalue weighted by Gasteiger charge is 2.33. The molecule has 0 aliphatic heterocycles. The number of amides is 1. The van der Waals surface area contributed by atoms with Gasteiger partial charge < -0.3 is 10.4 Å². The van der Waals surface area contributed by atoms with Crippen LogP contribution in [0.15, 0.2) is 23.1 Å². The van der Waals surface area contributed by atoms with Crippen LogP contribution in [0.5, 0.6) is 0 Å². The topological polar surface area (TPSA) is 117 Å². The maximum atomic E-state index is 12.9. The smallest absolute Gasteiger partial charge is 0.321 e. The van der Waals surface area contributed by atoms with Gasteiger partial charge in [0.2, 0.25) is 15.9 Å². The van der Waals surface area contributed by atoms with Crippen LogP contribution in [0.25, 0.3) is 10.2 Å². The molecule has 1 unspecified atom stereocenters. The predicted octanol–water partition coefficient (Wildman–Crippen LogP) is 1.20. The Morgan fingerprint density at radius 1 is 1.40 bits per heavy atom. The maximum absolute atomic E-state index is 12.9. The van der Waals surface area contributed by atoms with Gasteiger partial charge in [0.25, 0.3) is 0 Å². The molecule has 8 nitrogen and oxygen atoms in total. The van der Waals surface area contributed by atoms with E-state index in [0.717, 1.165) is 9.31 Å². The highest BCUT2D eigenvalue weighted by Crippen LogP contribution is 2.26. The van der Waals surface area contributed by atoms with E-state index in [1.165, 1.54) is 37.3 Å². The normalized spacial score (nSPS) is 13.1. The van der Waals surface area contributed by atoms with Crippen molar-refractivity contribution in [2.75, 3.05) is 13.1 Å². The first-order valence-corrected chi connectivity index (χ1v) is 9.75. The maximum Gasteiger partial charge on any atom is 0.321 e. The number of sulfonamides is 1. The van der Waals surface area contributed by atoms with Crippen molar-refractivity contribution in [1.29, 1.82) is 0 Å². The molecule has 0 fully saturated rings. The van der Waals surface area contributed by atoms with Crippen molar-refractivity contribution in [2.45, 2.75) is 31.7 Å². The number of aromatic nitrogens is 1. The van der Waals surface area contributed by atoms with Crippen LogP contribution in [0.4, 0.5) is 0 Å². The molecular formula is C15H19N3O5S2. The van der Waals surface area contributed by atoms with Gasteiger partial charge in [0.15, 0.2) is 0 Å². The van der Waals surface area contributed by atoms with E-state index in [4.69, 9.17) is 0 Å². The van der Waals surface area contributed by atoms with Gasteiger partial charge in [-0.05, 0) is 32.0 Å². The number of nitrogens with one attached hydrogen (secondary N) is 1. The van der Waals surface area contributed by atoms with Gasteiger partial charge in [-0.1, -0.05) is 0 Å². The Morgan fingerprint density at radius 3 is 2.68 bits per heavy atom. The van der Waals surface area contributed by atoms with Crippen molar-refractivity contribution >= 4 is 43.5 Å². The summed E-state index contributed by atoms with van der Waals surface area (Å²) in [7, 11) is -4.05. The number of hydrogen-bond acceptors (Lipinski definition) is 6. The molecule has 0 spiro atoms. The molecule has 0 bridgehead atoms. The molecule has 25 heavy (non-hydrogen) atoms. The van der Waals surface area contributed by atoms with Crippen LogP contribution in [0, 0.1) is 6.92 Å². The van der Waals surface area contributed by atoms with E-state index < -0.39 is 22.0 Å². The van der Waals surface area contributed by atoms with E-state index in [9.17, 15) is 23.1 Å². The van der Waals surface area contributed by atoms with Gasteiger partial charge in [-0.2, -0.15) is 4.31 Å². The number of carbonyl (C=O) groups excluding carboxylic acids is 1. The van der Waals surface area contributed by atoms with Crippen molar-refractivity contribution in [1.82, 2.24) is 14.6 Å². The molecule has 1 amide bonds. The number of thiazole rings is 1. The molecule has 1 heterocycles. The molecule has 1 aromatic heterocycles. The predicted molar refractivity (Wildman–Crippen MR) is 94.0 cm³/mol. The molecular weight excluding hydrogens is 366 g/mol. The largest absolute Gasteiger partial charge is 0.480 e. The number of carboxylic acids is 1. The van der Waals surface area contributed by atoms with Gasteiger partial charge in [0.1, 0.15) is 6.04 Å². The number of rotatable bonds is 7. The van der Waals surface area contributed by atoms with E-state index in [2.05, 4.69) is 10.3 Å². The highest BCUT2D eigenvalue weighted by molar-refractivity contribution is 7.89. The van der Waals surface area contributed by atoms with E-state index in [0.29, 0.717) is 10.2 Å². The molecule has 0 aliphatic carbocycles. The van der Waals surface area contributed by atoms with Gasteiger partial charge in [-0.3, -0.25) is 9.59 Å². The molecule has 2 N–H and O–H groups in total. The van der Waals surface area contributed by atoms with E-state index in [1.54, 1.807) is 6.07 Å². The standard InChI is InChI=1S/C15H19N3O5S2/c1-9(15(20)21)18(7-6-16-10(2)19)25(22,23)12-4-5-13-14(8-12)24-11(3)17-13/h4-5,8-9H,6-7H2,1-3H3,(H,16,19)(H,20,21). The van der Waals surface area contributed by atoms with Crippen molar-refractivity contribution in [3.05, 3.63) is 23.2 Å². The summed E-state index contributed by atoms with van der Waals surface area (Å²) >= 11 is 1.36. The second-order valence-corrected chi connectivity index (χ2v) is 8.60. The average Bonchev–Trinajstić information content (AvgIpc) is 2.89. The molecule has 2 aromatic rings. The monoisotopic (exact) mass is 385 g/mol. The number of benzene rings is 1. The Morgan fingerprint density at radius 2 is 2.08 bits per heavy atom. The van der Waals surface area contributed by atoms with Crippen LogP contribution in [-0.2, 0) is 19.6 Å². The lowest BCUT2D eigenvalue weighted by atomic mass is 10.3. The molecule has 10 heteroatoms. The number of carbonyl (C=O) groups is 2. The first kappa shape index (κ1) is 19.3. The van der Waals surface area contributed by atoms with Crippen LogP contribution in [0.2, 0.25) is 0 Å². The van der Waals surface area contributed by atoms with E-state index >= 15 is 0 Å². The Balaban J connectivity index is 2.40. The van der Waals surface area contributed by atoms with Crippen molar-refractivity contribution in [2.24, 2.45) is 0 Å². The number of nitrogens with zero attached hydrogens (tertiary/aromatic N) is 2. The first-order valence-electron chi connectivity index (χ1n) is 7.49. The van der Waals surface area contributed by atoms with Crippen molar-refractivity contribution in [3.63, 3.8) is 0 Å². The Hall–Kier alpha value is -2.04. The molecule has 0 saturated heterocycles. The minimum absolute atomic E-state index is 0.000394. The van der Waals surface area contributed by atoms with Gasteiger partial charge in [-0.25, -0.2) is 13.4 Å². The number of aliphatic carboxylic acids is 1. The zero-order valence-corrected chi connectivity index (χ0v) is 15.6. The summed E-state index contributed by atoms with van der Waals surface area (Å²) in [6.45, 7) is 4.30. The lowest BCUT2D eigenvalue weighted by Crippen LogP contribution is -2.46. The van der Waals surface area contributed by atoms with Gasteiger partial charge in [0.05, 0.1) is 20.1 Å². The molecule has 0 radical (unpaired) electrons. The minimum atomic E-state index is -4.05. The fourth-order valence-corrected chi connectivity index (χ4v) is 4.86. The summed E-state index contributed by atoms with van der Waals surface area (Å²) in [5.41, 5.74) is 0.692. The number of carboxylic acid groups (broad SMARTS) is 1. The molecule has 0 saturated carbocycles. The highest BCUT2D eigenvalue weighted by atomic mass is 32.2. The molecule has 0 aliphatic rings. The minimum Gasteiger partial charge on any atom is -0.480 e. The third-order valence-corrected chi connectivity index (χ3v) is 6.47. The summed E-state index contributed by atoms with van der Waals surface area (Å²) in [6.07, 6.45) is 0. The van der Waals surface area contributed by atoms with Crippen LogP contribution in [-0.4, -0.2) is 53.8 Å². The summed E-state index contributed by atoms with van der Waals surface area (Å²) in [6, 6.07) is 3.24. The molecule has 1 aromatic carbocycles. The lowest BCUT2D eigenvalue weighted by molar-refractivity contribution is -0.140. The van der Waals surface area contributed by atoms with Gasteiger partial charge >= 0.3 is 5.97 Å². The second kappa shape index (κ2) is 7.46. The Kier molecular flexibility index (Phi) is 5.76. The van der Waals surface area contributed by atoms with Gasteiger partial charge in [0, 0.05) is 20.0 Å². The van der Waals surface area contributed by atoms with Crippen molar-refractivity contribution in [3.8, 4) is 0 Å². The molecule has 2 rings (SSSR count). The Bertz CT molecular complexity index is 907. The van der Waals surface area contributed by atoms with Crippen LogP contribution < -0.4 is 5.32 Å². The summed E-state index contributed by atoms with van der Waals surface area (Å²) < 4.78 is 27.5. The molecule has 136 valence electrons.